The highest BCUT2D eigenvalue weighted by atomic mass is 16.4. The molecule has 0 amide bonds. The predicted molar refractivity (Wildman–Crippen MR) is 70.3 cm³/mol. The number of hydrogen-bond acceptors (Lipinski definition) is 5. The molecule has 92 valence electrons. The molecule has 0 aliphatic carbocycles. The van der Waals surface area contributed by atoms with Crippen LogP contribution in [0.2, 0.25) is 0 Å². The van der Waals surface area contributed by atoms with Crippen molar-refractivity contribution < 1.29 is 20.1 Å². The third kappa shape index (κ3) is 5.11. The summed E-state index contributed by atoms with van der Waals surface area (Å²) < 4.78 is 0. The lowest BCUT2D eigenvalue weighted by Crippen LogP contribution is -2.29. The molecule has 2 aromatic rings. The first-order chi connectivity index (χ1) is 8.61. The SMILES string of the molecule is OB(O)c1ccccc1.OB(O)c1cccnc1. The van der Waals surface area contributed by atoms with E-state index in [1.54, 1.807) is 42.6 Å². The quantitative estimate of drug-likeness (QED) is 0.465. The second-order valence-electron chi connectivity index (χ2n) is 3.44. The van der Waals surface area contributed by atoms with Crippen molar-refractivity contribution in [1.29, 1.82) is 0 Å². The summed E-state index contributed by atoms with van der Waals surface area (Å²) in [6.45, 7) is 0. The Morgan fingerprint density at radius 3 is 1.61 bits per heavy atom. The minimum absolute atomic E-state index is 0.414. The maximum absolute atomic E-state index is 8.58. The minimum Gasteiger partial charge on any atom is -0.423 e. The fourth-order valence-electron chi connectivity index (χ4n) is 1.15. The standard InChI is InChI=1S/C6H7BO2.C5H6BNO2/c8-7(9)6-4-2-1-3-5-6;8-6(9)5-2-1-3-7-4-5/h1-5,8-9H;1-4,8-9H. The van der Waals surface area contributed by atoms with Crippen molar-refractivity contribution in [3.63, 3.8) is 0 Å². The van der Waals surface area contributed by atoms with Crippen molar-refractivity contribution in [3.05, 3.63) is 54.9 Å². The molecule has 1 aromatic heterocycles. The van der Waals surface area contributed by atoms with Crippen LogP contribution >= 0.6 is 0 Å². The van der Waals surface area contributed by atoms with Crippen molar-refractivity contribution in [3.8, 4) is 0 Å². The Balaban J connectivity index is 0.000000180. The number of nitrogens with zero attached hydrogens (tertiary/aromatic N) is 1. The number of hydrogen-bond donors (Lipinski definition) is 4. The van der Waals surface area contributed by atoms with Gasteiger partial charge in [0.1, 0.15) is 0 Å². The van der Waals surface area contributed by atoms with E-state index in [2.05, 4.69) is 4.98 Å². The highest BCUT2D eigenvalue weighted by Gasteiger charge is 2.08. The summed E-state index contributed by atoms with van der Waals surface area (Å²) in [7, 11) is -2.75. The first-order valence-corrected chi connectivity index (χ1v) is 5.28. The van der Waals surface area contributed by atoms with Crippen LogP contribution in [0.25, 0.3) is 0 Å². The molecule has 0 unspecified atom stereocenters. The molecular formula is C11H13B2NO4. The molecule has 5 nitrogen and oxygen atoms in total. The van der Waals surface area contributed by atoms with Gasteiger partial charge in [-0.2, -0.15) is 0 Å². The largest absolute Gasteiger partial charge is 0.490 e. The molecule has 0 radical (unpaired) electrons. The van der Waals surface area contributed by atoms with Crippen molar-refractivity contribution in [2.24, 2.45) is 0 Å². The molecule has 7 heteroatoms. The molecule has 0 bridgehead atoms. The van der Waals surface area contributed by atoms with Crippen molar-refractivity contribution in [1.82, 2.24) is 4.98 Å². The predicted octanol–water partition coefficient (Wildman–Crippen LogP) is -1.87. The lowest BCUT2D eigenvalue weighted by atomic mass is 9.81. The molecule has 0 spiro atoms. The first-order valence-electron chi connectivity index (χ1n) is 5.28. The van der Waals surface area contributed by atoms with Crippen LogP contribution in [-0.2, 0) is 0 Å². The molecule has 0 saturated carbocycles. The van der Waals surface area contributed by atoms with E-state index in [0.29, 0.717) is 10.9 Å². The smallest absolute Gasteiger partial charge is 0.423 e. The van der Waals surface area contributed by atoms with Crippen LogP contribution in [0.3, 0.4) is 0 Å². The van der Waals surface area contributed by atoms with E-state index in [-0.39, 0.29) is 0 Å². The lowest BCUT2D eigenvalue weighted by molar-refractivity contribution is 0.424. The van der Waals surface area contributed by atoms with Crippen molar-refractivity contribution >= 4 is 25.2 Å². The Kier molecular flexibility index (Phi) is 6.10. The molecule has 0 saturated heterocycles. The van der Waals surface area contributed by atoms with Gasteiger partial charge in [0.2, 0.25) is 0 Å². The lowest BCUT2D eigenvalue weighted by Gasteiger charge is -1.94. The maximum atomic E-state index is 8.58. The molecule has 0 atom stereocenters. The Hall–Kier alpha value is -1.66. The van der Waals surface area contributed by atoms with E-state index in [1.165, 1.54) is 6.20 Å². The van der Waals surface area contributed by atoms with Gasteiger partial charge in [0.25, 0.3) is 0 Å². The van der Waals surface area contributed by atoms with Crippen LogP contribution in [0.4, 0.5) is 0 Å². The highest BCUT2D eigenvalue weighted by molar-refractivity contribution is 6.58. The van der Waals surface area contributed by atoms with Crippen LogP contribution in [0.5, 0.6) is 0 Å². The van der Waals surface area contributed by atoms with Gasteiger partial charge in [-0.05, 0) is 11.5 Å². The Morgan fingerprint density at radius 2 is 1.28 bits per heavy atom. The summed E-state index contributed by atoms with van der Waals surface area (Å²) in [5, 5.41) is 34.2. The van der Waals surface area contributed by atoms with Gasteiger partial charge in [0, 0.05) is 17.9 Å². The van der Waals surface area contributed by atoms with E-state index >= 15 is 0 Å². The molecule has 1 heterocycles. The summed E-state index contributed by atoms with van der Waals surface area (Å²) in [6.07, 6.45) is 2.98. The van der Waals surface area contributed by atoms with Crippen LogP contribution in [0.15, 0.2) is 54.9 Å². The number of pyridine rings is 1. The number of rotatable bonds is 2. The fourth-order valence-corrected chi connectivity index (χ4v) is 1.15. The van der Waals surface area contributed by atoms with Gasteiger partial charge in [0.05, 0.1) is 0 Å². The molecular weight excluding hydrogens is 232 g/mol. The van der Waals surface area contributed by atoms with Gasteiger partial charge in [-0.25, -0.2) is 0 Å². The molecule has 0 aliphatic rings. The van der Waals surface area contributed by atoms with Gasteiger partial charge >= 0.3 is 14.2 Å². The Bertz CT molecular complexity index is 396. The van der Waals surface area contributed by atoms with Gasteiger partial charge in [0.15, 0.2) is 0 Å². The number of aromatic nitrogens is 1. The van der Waals surface area contributed by atoms with Crippen molar-refractivity contribution in [2.45, 2.75) is 0 Å². The van der Waals surface area contributed by atoms with E-state index in [0.717, 1.165) is 0 Å². The summed E-state index contributed by atoms with van der Waals surface area (Å²) in [5.41, 5.74) is 0.940. The van der Waals surface area contributed by atoms with Gasteiger partial charge in [-0.1, -0.05) is 36.4 Å². The minimum atomic E-state index is -1.40. The summed E-state index contributed by atoms with van der Waals surface area (Å²) in [5.74, 6) is 0. The monoisotopic (exact) mass is 245 g/mol. The summed E-state index contributed by atoms with van der Waals surface area (Å²) in [6, 6.07) is 11.9. The van der Waals surface area contributed by atoms with Crippen molar-refractivity contribution in [2.75, 3.05) is 0 Å². The molecule has 0 fully saturated rings. The van der Waals surface area contributed by atoms with Crippen LogP contribution in [0, 0.1) is 0 Å². The fraction of sp³-hybridized carbons (Fsp3) is 0. The van der Waals surface area contributed by atoms with Gasteiger partial charge < -0.3 is 20.1 Å². The second kappa shape index (κ2) is 7.62. The Labute approximate surface area is 106 Å². The molecule has 1 aromatic carbocycles. The molecule has 18 heavy (non-hydrogen) atoms. The average molecular weight is 245 g/mol. The third-order valence-electron chi connectivity index (χ3n) is 2.08. The first kappa shape index (κ1) is 14.4. The Morgan fingerprint density at radius 1 is 0.722 bits per heavy atom. The van der Waals surface area contributed by atoms with E-state index < -0.39 is 14.2 Å². The van der Waals surface area contributed by atoms with Crippen LogP contribution in [-0.4, -0.2) is 39.3 Å². The zero-order chi connectivity index (χ0) is 13.4. The van der Waals surface area contributed by atoms with Gasteiger partial charge in [-0.15, -0.1) is 0 Å². The van der Waals surface area contributed by atoms with Crippen LogP contribution < -0.4 is 10.9 Å². The topological polar surface area (TPSA) is 93.8 Å². The average Bonchev–Trinajstić information content (AvgIpc) is 2.41. The highest BCUT2D eigenvalue weighted by Crippen LogP contribution is 1.82. The normalized spacial score (nSPS) is 9.11. The van der Waals surface area contributed by atoms with Gasteiger partial charge in [-0.3, -0.25) is 4.98 Å². The van der Waals surface area contributed by atoms with Crippen LogP contribution in [0.1, 0.15) is 0 Å². The summed E-state index contributed by atoms with van der Waals surface area (Å²) >= 11 is 0. The zero-order valence-electron chi connectivity index (χ0n) is 9.59. The maximum Gasteiger partial charge on any atom is 0.490 e. The molecule has 4 N–H and O–H groups in total. The zero-order valence-corrected chi connectivity index (χ0v) is 9.59. The summed E-state index contributed by atoms with van der Waals surface area (Å²) in [4.78, 5) is 3.69. The third-order valence-corrected chi connectivity index (χ3v) is 2.08. The van der Waals surface area contributed by atoms with E-state index in [4.69, 9.17) is 20.1 Å². The number of benzene rings is 1. The van der Waals surface area contributed by atoms with E-state index in [1.807, 2.05) is 6.07 Å². The molecule has 0 aliphatic heterocycles. The second-order valence-corrected chi connectivity index (χ2v) is 3.44. The molecule has 2 rings (SSSR count). The van der Waals surface area contributed by atoms with E-state index in [9.17, 15) is 0 Å².